The number of amides is 1. The van der Waals surface area contributed by atoms with Gasteiger partial charge in [-0.25, -0.2) is 0 Å². The van der Waals surface area contributed by atoms with Gasteiger partial charge in [0.05, 0.1) is 18.1 Å². The molecule has 6 nitrogen and oxygen atoms in total. The number of benzene rings is 2. The molecule has 1 fully saturated rings. The smallest absolute Gasteiger partial charge is 0.310 e. The van der Waals surface area contributed by atoms with Gasteiger partial charge in [0.15, 0.2) is 0 Å². The van der Waals surface area contributed by atoms with Crippen molar-refractivity contribution in [2.24, 2.45) is 5.92 Å². The predicted molar refractivity (Wildman–Crippen MR) is 123 cm³/mol. The number of ether oxygens (including phenoxy) is 2. The molecule has 3 aliphatic heterocycles. The van der Waals surface area contributed by atoms with Crippen molar-refractivity contribution >= 4 is 28.9 Å². The summed E-state index contributed by atoms with van der Waals surface area (Å²) in [7, 11) is 0. The molecule has 1 saturated heterocycles. The van der Waals surface area contributed by atoms with Gasteiger partial charge < -0.3 is 19.7 Å². The maximum atomic E-state index is 12.6. The van der Waals surface area contributed by atoms with Crippen molar-refractivity contribution in [3.8, 4) is 0 Å². The lowest BCUT2D eigenvalue weighted by molar-refractivity contribution is -0.149. The molecule has 1 atom stereocenters. The van der Waals surface area contributed by atoms with E-state index >= 15 is 0 Å². The number of para-hydroxylation sites is 1. The third kappa shape index (κ3) is 3.91. The zero-order valence-electron chi connectivity index (χ0n) is 18.4. The molecule has 1 N–H and O–H groups in total. The Kier molecular flexibility index (Phi) is 5.70. The van der Waals surface area contributed by atoms with Gasteiger partial charge in [-0.3, -0.25) is 9.59 Å². The van der Waals surface area contributed by atoms with Crippen molar-refractivity contribution in [3.63, 3.8) is 0 Å². The Hall–Kier alpha value is -3.12. The number of esters is 1. The average molecular weight is 433 g/mol. The summed E-state index contributed by atoms with van der Waals surface area (Å²) in [6.45, 7) is 5.49. The number of carbonyl (C=O) groups is 2. The minimum atomic E-state index is -0.112. The molecular weight excluding hydrogens is 404 g/mol. The fourth-order valence-corrected chi connectivity index (χ4v) is 4.92. The summed E-state index contributed by atoms with van der Waals surface area (Å²) in [5, 5.41) is 2.93. The first-order valence-electron chi connectivity index (χ1n) is 11.4. The van der Waals surface area contributed by atoms with Crippen molar-refractivity contribution in [1.82, 2.24) is 4.90 Å². The van der Waals surface area contributed by atoms with Crippen LogP contribution in [0.25, 0.3) is 11.3 Å². The lowest BCUT2D eigenvalue weighted by Gasteiger charge is -2.31. The number of hydrogen-bond acceptors (Lipinski definition) is 5. The summed E-state index contributed by atoms with van der Waals surface area (Å²) >= 11 is 0. The third-order valence-corrected chi connectivity index (χ3v) is 6.53. The summed E-state index contributed by atoms with van der Waals surface area (Å²) in [4.78, 5) is 27.1. The standard InChI is InChI=1S/C26H28N2O4/c1-2-31-26(30)18-6-5-12-28(15-18)13-11-17-9-10-20-19(14-17)16-32-24(20)23-21-7-3-4-8-22(21)27-25(23)29/h3-4,7-10,14,18H,2,5-6,11-13,15-16H2,1H3,(H,27,29)/b24-23+. The largest absolute Gasteiger partial charge is 0.487 e. The van der Waals surface area contributed by atoms with E-state index in [4.69, 9.17) is 9.47 Å². The van der Waals surface area contributed by atoms with Crippen molar-refractivity contribution in [3.05, 3.63) is 64.7 Å². The second kappa shape index (κ2) is 8.79. The Labute approximate surface area is 188 Å². The van der Waals surface area contributed by atoms with E-state index in [2.05, 4.69) is 28.4 Å². The van der Waals surface area contributed by atoms with Crippen LogP contribution in [0.4, 0.5) is 5.69 Å². The molecule has 3 aliphatic rings. The highest BCUT2D eigenvalue weighted by molar-refractivity contribution is 6.36. The van der Waals surface area contributed by atoms with Gasteiger partial charge in [-0.15, -0.1) is 0 Å². The first kappa shape index (κ1) is 20.8. The van der Waals surface area contributed by atoms with Crippen LogP contribution in [-0.4, -0.2) is 43.0 Å². The lowest BCUT2D eigenvalue weighted by Crippen LogP contribution is -2.40. The van der Waals surface area contributed by atoms with Crippen molar-refractivity contribution < 1.29 is 19.1 Å². The van der Waals surface area contributed by atoms with Gasteiger partial charge in [-0.2, -0.15) is 0 Å². The van der Waals surface area contributed by atoms with Gasteiger partial charge in [0, 0.05) is 35.5 Å². The second-order valence-corrected chi connectivity index (χ2v) is 8.63. The van der Waals surface area contributed by atoms with E-state index in [0.717, 1.165) is 61.3 Å². The van der Waals surface area contributed by atoms with Crippen LogP contribution in [0.3, 0.4) is 0 Å². The van der Waals surface area contributed by atoms with Gasteiger partial charge in [-0.1, -0.05) is 36.4 Å². The SMILES string of the molecule is CCOC(=O)C1CCCN(CCc2ccc3c(c2)CO/C3=C2/C(=O)Nc3ccccc32)C1. The average Bonchev–Trinajstić information content (AvgIpc) is 3.37. The van der Waals surface area contributed by atoms with Crippen LogP contribution in [0.2, 0.25) is 0 Å². The quantitative estimate of drug-likeness (QED) is 0.574. The zero-order chi connectivity index (χ0) is 22.1. The van der Waals surface area contributed by atoms with Crippen LogP contribution >= 0.6 is 0 Å². The van der Waals surface area contributed by atoms with Gasteiger partial charge in [-0.05, 0) is 44.4 Å². The van der Waals surface area contributed by atoms with E-state index in [0.29, 0.717) is 24.5 Å². The molecule has 32 heavy (non-hydrogen) atoms. The van der Waals surface area contributed by atoms with E-state index in [1.165, 1.54) is 5.56 Å². The monoisotopic (exact) mass is 432 g/mol. The van der Waals surface area contributed by atoms with Crippen LogP contribution < -0.4 is 5.32 Å². The number of likely N-dealkylation sites (tertiary alicyclic amines) is 1. The number of rotatable bonds is 5. The van der Waals surface area contributed by atoms with Gasteiger partial charge in [0.2, 0.25) is 0 Å². The van der Waals surface area contributed by atoms with Gasteiger partial charge >= 0.3 is 5.97 Å². The highest BCUT2D eigenvalue weighted by Gasteiger charge is 2.32. The summed E-state index contributed by atoms with van der Waals surface area (Å²) in [6, 6.07) is 14.1. The van der Waals surface area contributed by atoms with E-state index in [9.17, 15) is 9.59 Å². The Morgan fingerprint density at radius 1 is 1.22 bits per heavy atom. The minimum Gasteiger partial charge on any atom is -0.487 e. The molecule has 1 unspecified atom stereocenters. The number of piperidine rings is 1. The van der Waals surface area contributed by atoms with Crippen molar-refractivity contribution in [2.45, 2.75) is 32.8 Å². The molecule has 0 saturated carbocycles. The second-order valence-electron chi connectivity index (χ2n) is 8.63. The Morgan fingerprint density at radius 2 is 2.09 bits per heavy atom. The van der Waals surface area contributed by atoms with E-state index in [-0.39, 0.29) is 17.8 Å². The highest BCUT2D eigenvalue weighted by atomic mass is 16.5. The molecule has 0 aliphatic carbocycles. The number of fused-ring (bicyclic) bond motifs is 2. The molecular formula is C26H28N2O4. The normalized spacial score (nSPS) is 22.2. The first-order valence-corrected chi connectivity index (χ1v) is 11.4. The topological polar surface area (TPSA) is 67.9 Å². The predicted octanol–water partition coefficient (Wildman–Crippen LogP) is 3.85. The highest BCUT2D eigenvalue weighted by Crippen LogP contribution is 2.41. The third-order valence-electron chi connectivity index (χ3n) is 6.53. The summed E-state index contributed by atoms with van der Waals surface area (Å²) < 4.78 is 11.2. The van der Waals surface area contributed by atoms with Gasteiger partial charge in [0.1, 0.15) is 12.4 Å². The number of nitrogens with zero attached hydrogens (tertiary/aromatic N) is 1. The Bertz CT molecular complexity index is 1090. The van der Waals surface area contributed by atoms with Crippen molar-refractivity contribution in [1.29, 1.82) is 0 Å². The van der Waals surface area contributed by atoms with E-state index in [1.54, 1.807) is 0 Å². The molecule has 0 bridgehead atoms. The molecule has 3 heterocycles. The number of carbonyl (C=O) groups excluding carboxylic acids is 2. The Morgan fingerprint density at radius 3 is 2.97 bits per heavy atom. The van der Waals surface area contributed by atoms with Crippen LogP contribution in [0.1, 0.15) is 42.0 Å². The summed E-state index contributed by atoms with van der Waals surface area (Å²) in [6.07, 6.45) is 2.86. The van der Waals surface area contributed by atoms with Crippen molar-refractivity contribution in [2.75, 3.05) is 31.6 Å². The molecule has 1 amide bonds. The molecule has 0 radical (unpaired) electrons. The maximum absolute atomic E-state index is 12.6. The fraction of sp³-hybridized carbons (Fsp3) is 0.385. The summed E-state index contributed by atoms with van der Waals surface area (Å²) in [5.74, 6) is 0.485. The lowest BCUT2D eigenvalue weighted by atomic mass is 9.96. The molecule has 2 aromatic carbocycles. The number of hydrogen-bond donors (Lipinski definition) is 1. The van der Waals surface area contributed by atoms with Gasteiger partial charge in [0.25, 0.3) is 5.91 Å². The van der Waals surface area contributed by atoms with Crippen LogP contribution in [0.15, 0.2) is 42.5 Å². The molecule has 5 rings (SSSR count). The first-order chi connectivity index (χ1) is 15.6. The molecule has 0 aromatic heterocycles. The van der Waals surface area contributed by atoms with Crippen LogP contribution in [-0.2, 0) is 32.1 Å². The van der Waals surface area contributed by atoms with Crippen LogP contribution in [0, 0.1) is 5.92 Å². The van der Waals surface area contributed by atoms with Crippen LogP contribution in [0.5, 0.6) is 0 Å². The number of nitrogens with one attached hydrogen (secondary N) is 1. The van der Waals surface area contributed by atoms with E-state index < -0.39 is 0 Å². The molecule has 0 spiro atoms. The molecule has 6 heteroatoms. The minimum absolute atomic E-state index is 0.00765. The summed E-state index contributed by atoms with van der Waals surface area (Å²) in [5.41, 5.74) is 5.70. The Balaban J connectivity index is 1.29. The van der Waals surface area contributed by atoms with E-state index in [1.807, 2.05) is 31.2 Å². The maximum Gasteiger partial charge on any atom is 0.310 e. The number of anilines is 1. The molecule has 2 aromatic rings. The zero-order valence-corrected chi connectivity index (χ0v) is 18.4. The fourth-order valence-electron chi connectivity index (χ4n) is 4.92. The molecule has 166 valence electrons.